The van der Waals surface area contributed by atoms with Gasteiger partial charge in [0.2, 0.25) is 17.6 Å². The molecule has 1 fully saturated rings. The molecule has 2 aromatic heterocycles. The molecule has 2 atom stereocenters. The molecule has 1 N–H and O–H groups in total. The maximum Gasteiger partial charge on any atom is 0.241 e. The SMILES string of the molecule is COc1ccc(C(C)NC(=O)C2CCCN(Cc3nc(-c4cccs4)no3)C2)cc1. The number of hydrogen-bond donors (Lipinski definition) is 1. The minimum atomic E-state index is -0.0527. The van der Waals surface area contributed by atoms with E-state index in [9.17, 15) is 4.79 Å². The second kappa shape index (κ2) is 9.40. The van der Waals surface area contributed by atoms with Crippen LogP contribution in [-0.4, -0.2) is 41.1 Å². The van der Waals surface area contributed by atoms with Crippen LogP contribution in [0.5, 0.6) is 5.75 Å². The second-order valence-electron chi connectivity index (χ2n) is 7.57. The Labute approximate surface area is 180 Å². The standard InChI is InChI=1S/C22H26N4O3S/c1-15(16-7-9-18(28-2)10-8-16)23-22(27)17-5-3-11-26(13-17)14-20-24-21(25-29-20)19-6-4-12-30-19/h4,6-10,12,15,17H,3,5,11,13-14H2,1-2H3,(H,23,27). The highest BCUT2D eigenvalue weighted by molar-refractivity contribution is 7.13. The largest absolute Gasteiger partial charge is 0.497 e. The van der Waals surface area contributed by atoms with E-state index in [4.69, 9.17) is 9.26 Å². The first kappa shape index (κ1) is 20.6. The zero-order chi connectivity index (χ0) is 20.9. The molecule has 0 radical (unpaired) electrons. The van der Waals surface area contributed by atoms with Crippen LogP contribution < -0.4 is 10.1 Å². The van der Waals surface area contributed by atoms with Crippen molar-refractivity contribution in [1.82, 2.24) is 20.4 Å². The van der Waals surface area contributed by atoms with Crippen molar-refractivity contribution in [3.63, 3.8) is 0 Å². The van der Waals surface area contributed by atoms with Crippen LogP contribution in [0.2, 0.25) is 0 Å². The van der Waals surface area contributed by atoms with Gasteiger partial charge < -0.3 is 14.6 Å². The molecule has 1 aliphatic rings. The summed E-state index contributed by atoms with van der Waals surface area (Å²) in [7, 11) is 1.65. The van der Waals surface area contributed by atoms with E-state index in [0.29, 0.717) is 24.8 Å². The number of likely N-dealkylation sites (tertiary alicyclic amines) is 1. The topological polar surface area (TPSA) is 80.5 Å². The molecule has 1 aromatic carbocycles. The second-order valence-corrected chi connectivity index (χ2v) is 8.51. The number of rotatable bonds is 7. The average Bonchev–Trinajstić information content (AvgIpc) is 3.46. The number of aromatic nitrogens is 2. The lowest BCUT2D eigenvalue weighted by Crippen LogP contribution is -2.43. The first-order valence-corrected chi connectivity index (χ1v) is 11.0. The lowest BCUT2D eigenvalue weighted by Gasteiger charge is -2.31. The number of methoxy groups -OCH3 is 1. The molecule has 0 bridgehead atoms. The van der Waals surface area contributed by atoms with E-state index >= 15 is 0 Å². The van der Waals surface area contributed by atoms with Gasteiger partial charge in [0, 0.05) is 6.54 Å². The molecule has 0 aliphatic carbocycles. The van der Waals surface area contributed by atoms with E-state index in [2.05, 4.69) is 20.4 Å². The number of carbonyl (C=O) groups excluding carboxylic acids is 1. The summed E-state index contributed by atoms with van der Waals surface area (Å²) in [6.45, 7) is 4.19. The van der Waals surface area contributed by atoms with E-state index in [-0.39, 0.29) is 17.9 Å². The Kier molecular flexibility index (Phi) is 6.44. The number of hydrogen-bond acceptors (Lipinski definition) is 7. The van der Waals surface area contributed by atoms with Gasteiger partial charge in [-0.25, -0.2) is 0 Å². The van der Waals surface area contributed by atoms with E-state index < -0.39 is 0 Å². The Hall–Kier alpha value is -2.71. The zero-order valence-electron chi connectivity index (χ0n) is 17.2. The molecular formula is C22H26N4O3S. The Bertz CT molecular complexity index is 955. The monoisotopic (exact) mass is 426 g/mol. The van der Waals surface area contributed by atoms with E-state index in [1.807, 2.05) is 48.7 Å². The fourth-order valence-corrected chi connectivity index (χ4v) is 4.39. The van der Waals surface area contributed by atoms with Crippen LogP contribution in [0.25, 0.3) is 10.7 Å². The summed E-state index contributed by atoms with van der Waals surface area (Å²) in [4.78, 5) is 20.6. The summed E-state index contributed by atoms with van der Waals surface area (Å²) in [5.41, 5.74) is 1.06. The minimum Gasteiger partial charge on any atom is -0.497 e. The number of amides is 1. The number of ether oxygens (including phenoxy) is 1. The Morgan fingerprint density at radius 2 is 2.20 bits per heavy atom. The van der Waals surface area contributed by atoms with Crippen LogP contribution >= 0.6 is 11.3 Å². The van der Waals surface area contributed by atoms with Crippen LogP contribution in [-0.2, 0) is 11.3 Å². The van der Waals surface area contributed by atoms with Gasteiger partial charge >= 0.3 is 0 Å². The molecule has 3 aromatic rings. The summed E-state index contributed by atoms with van der Waals surface area (Å²) in [6.07, 6.45) is 1.86. The third kappa shape index (κ3) is 4.88. The average molecular weight is 427 g/mol. The lowest BCUT2D eigenvalue weighted by atomic mass is 9.96. The number of carbonyl (C=O) groups is 1. The van der Waals surface area contributed by atoms with Crippen LogP contribution in [0.4, 0.5) is 0 Å². The van der Waals surface area contributed by atoms with Crippen LogP contribution in [0.3, 0.4) is 0 Å². The number of piperidine rings is 1. The van der Waals surface area contributed by atoms with Gasteiger partial charge in [0.05, 0.1) is 30.5 Å². The Balaban J connectivity index is 1.32. The summed E-state index contributed by atoms with van der Waals surface area (Å²) >= 11 is 1.59. The molecular weight excluding hydrogens is 400 g/mol. The van der Waals surface area contributed by atoms with E-state index in [1.54, 1.807) is 18.4 Å². The number of nitrogens with one attached hydrogen (secondary N) is 1. The fourth-order valence-electron chi connectivity index (χ4n) is 3.74. The highest BCUT2D eigenvalue weighted by atomic mass is 32.1. The number of benzene rings is 1. The quantitative estimate of drug-likeness (QED) is 0.617. The van der Waals surface area contributed by atoms with Crippen molar-refractivity contribution in [2.24, 2.45) is 5.92 Å². The Morgan fingerprint density at radius 3 is 2.93 bits per heavy atom. The highest BCUT2D eigenvalue weighted by Gasteiger charge is 2.28. The molecule has 30 heavy (non-hydrogen) atoms. The first-order valence-electron chi connectivity index (χ1n) is 10.2. The maximum absolute atomic E-state index is 12.8. The lowest BCUT2D eigenvalue weighted by molar-refractivity contribution is -0.127. The molecule has 158 valence electrons. The molecule has 0 saturated carbocycles. The molecule has 1 saturated heterocycles. The van der Waals surface area contributed by atoms with E-state index in [1.165, 1.54) is 0 Å². The van der Waals surface area contributed by atoms with Crippen molar-refractivity contribution < 1.29 is 14.1 Å². The van der Waals surface area contributed by atoms with Crippen molar-refractivity contribution in [2.45, 2.75) is 32.4 Å². The minimum absolute atomic E-state index is 0.0425. The summed E-state index contributed by atoms with van der Waals surface area (Å²) < 4.78 is 10.6. The first-order chi connectivity index (χ1) is 14.6. The molecule has 1 aliphatic heterocycles. The van der Waals surface area contributed by atoms with Crippen molar-refractivity contribution in [3.05, 3.63) is 53.2 Å². The molecule has 8 heteroatoms. The molecule has 2 unspecified atom stereocenters. The normalized spacial score (nSPS) is 18.1. The predicted molar refractivity (Wildman–Crippen MR) is 115 cm³/mol. The summed E-state index contributed by atoms with van der Waals surface area (Å²) in [5, 5.41) is 9.22. The van der Waals surface area contributed by atoms with Crippen molar-refractivity contribution >= 4 is 17.2 Å². The molecule has 1 amide bonds. The molecule has 7 nitrogen and oxygen atoms in total. The van der Waals surface area contributed by atoms with Gasteiger partial charge in [0.1, 0.15) is 5.75 Å². The van der Waals surface area contributed by atoms with Gasteiger partial charge in [-0.05, 0) is 55.5 Å². The molecule has 4 rings (SSSR count). The zero-order valence-corrected chi connectivity index (χ0v) is 18.0. The van der Waals surface area contributed by atoms with Crippen molar-refractivity contribution in [3.8, 4) is 16.5 Å². The Morgan fingerprint density at radius 1 is 1.37 bits per heavy atom. The molecule has 3 heterocycles. The van der Waals surface area contributed by atoms with Crippen molar-refractivity contribution in [2.75, 3.05) is 20.2 Å². The third-order valence-electron chi connectivity index (χ3n) is 5.42. The van der Waals surface area contributed by atoms with Gasteiger partial charge in [-0.1, -0.05) is 23.4 Å². The number of nitrogens with zero attached hydrogens (tertiary/aromatic N) is 3. The maximum atomic E-state index is 12.8. The van der Waals surface area contributed by atoms with Crippen molar-refractivity contribution in [1.29, 1.82) is 0 Å². The van der Waals surface area contributed by atoms with Crippen LogP contribution in [0.1, 0.15) is 37.3 Å². The van der Waals surface area contributed by atoms with Gasteiger partial charge in [-0.15, -0.1) is 11.3 Å². The third-order valence-corrected chi connectivity index (χ3v) is 6.29. The van der Waals surface area contributed by atoms with E-state index in [0.717, 1.165) is 35.6 Å². The van der Waals surface area contributed by atoms with Gasteiger partial charge in [-0.3, -0.25) is 9.69 Å². The van der Waals surface area contributed by atoms with Crippen LogP contribution in [0.15, 0.2) is 46.3 Å². The summed E-state index contributed by atoms with van der Waals surface area (Å²) in [6, 6.07) is 11.7. The fraction of sp³-hybridized carbons (Fsp3) is 0.409. The number of thiophene rings is 1. The van der Waals surface area contributed by atoms with Crippen LogP contribution in [0, 0.1) is 5.92 Å². The summed E-state index contributed by atoms with van der Waals surface area (Å²) in [5.74, 6) is 2.07. The predicted octanol–water partition coefficient (Wildman–Crippen LogP) is 3.90. The van der Waals surface area contributed by atoms with Gasteiger partial charge in [0.25, 0.3) is 0 Å². The van der Waals surface area contributed by atoms with Gasteiger partial charge in [-0.2, -0.15) is 4.98 Å². The smallest absolute Gasteiger partial charge is 0.241 e. The highest BCUT2D eigenvalue weighted by Crippen LogP contribution is 2.24. The van der Waals surface area contributed by atoms with Gasteiger partial charge in [0.15, 0.2) is 0 Å². The molecule has 0 spiro atoms.